The van der Waals surface area contributed by atoms with Crippen molar-refractivity contribution in [1.29, 1.82) is 0 Å². The summed E-state index contributed by atoms with van der Waals surface area (Å²) in [5, 5.41) is 9.94. The summed E-state index contributed by atoms with van der Waals surface area (Å²) in [6.07, 6.45) is 0.522. The van der Waals surface area contributed by atoms with Crippen molar-refractivity contribution < 1.29 is 14.1 Å². The minimum absolute atomic E-state index is 0.150. The lowest BCUT2D eigenvalue weighted by Gasteiger charge is -2.06. The largest absolute Gasteiger partial charge is 0.339 e. The third-order valence-electron chi connectivity index (χ3n) is 3.61. The van der Waals surface area contributed by atoms with Gasteiger partial charge in [0.05, 0.1) is 0 Å². The van der Waals surface area contributed by atoms with Crippen LogP contribution in [0.5, 0.6) is 0 Å². The van der Waals surface area contributed by atoms with E-state index in [-0.39, 0.29) is 18.2 Å². The number of aryl methyl sites for hydroxylation is 1. The number of amides is 2. The highest BCUT2D eigenvalue weighted by atomic mass is 35.5. The number of rotatable bonds is 6. The van der Waals surface area contributed by atoms with Gasteiger partial charge >= 0.3 is 0 Å². The van der Waals surface area contributed by atoms with Gasteiger partial charge in [0.2, 0.25) is 23.5 Å². The molecule has 0 aliphatic carbocycles. The van der Waals surface area contributed by atoms with Gasteiger partial charge < -0.3 is 15.2 Å². The van der Waals surface area contributed by atoms with Gasteiger partial charge in [-0.05, 0) is 36.4 Å². The zero-order valence-electron chi connectivity index (χ0n) is 14.5. The predicted molar refractivity (Wildman–Crippen MR) is 102 cm³/mol. The first-order valence-corrected chi connectivity index (χ1v) is 8.63. The Morgan fingerprint density at radius 3 is 2.44 bits per heavy atom. The average Bonchev–Trinajstić information content (AvgIpc) is 3.10. The van der Waals surface area contributed by atoms with Gasteiger partial charge in [-0.2, -0.15) is 4.98 Å². The van der Waals surface area contributed by atoms with Crippen LogP contribution in [0.1, 0.15) is 19.2 Å². The van der Waals surface area contributed by atoms with Crippen molar-refractivity contribution in [2.24, 2.45) is 0 Å². The van der Waals surface area contributed by atoms with Crippen LogP contribution in [0.3, 0.4) is 0 Å². The Balaban J connectivity index is 1.53. The quantitative estimate of drug-likeness (QED) is 0.671. The first-order valence-electron chi connectivity index (χ1n) is 8.25. The molecule has 0 atom stereocenters. The molecule has 2 amide bonds. The molecule has 1 heterocycles. The zero-order chi connectivity index (χ0) is 19.2. The van der Waals surface area contributed by atoms with Crippen molar-refractivity contribution in [2.45, 2.75) is 19.8 Å². The van der Waals surface area contributed by atoms with Crippen molar-refractivity contribution in [1.82, 2.24) is 10.1 Å². The lowest BCUT2D eigenvalue weighted by molar-refractivity contribution is -0.116. The van der Waals surface area contributed by atoms with E-state index in [0.717, 1.165) is 5.56 Å². The Labute approximate surface area is 160 Å². The van der Waals surface area contributed by atoms with Gasteiger partial charge in [0.25, 0.3) is 0 Å². The highest BCUT2D eigenvalue weighted by Gasteiger charge is 2.11. The van der Waals surface area contributed by atoms with Crippen LogP contribution in [0.2, 0.25) is 5.02 Å². The van der Waals surface area contributed by atoms with Gasteiger partial charge in [-0.25, -0.2) is 0 Å². The molecule has 0 unspecified atom stereocenters. The van der Waals surface area contributed by atoms with Crippen molar-refractivity contribution in [2.75, 3.05) is 10.6 Å². The Hall–Kier alpha value is -3.19. The minimum Gasteiger partial charge on any atom is -0.339 e. The maximum Gasteiger partial charge on any atom is 0.227 e. The van der Waals surface area contributed by atoms with Crippen molar-refractivity contribution in [3.05, 3.63) is 59.4 Å². The highest BCUT2D eigenvalue weighted by Crippen LogP contribution is 2.20. The second kappa shape index (κ2) is 8.46. The van der Waals surface area contributed by atoms with E-state index in [4.69, 9.17) is 16.1 Å². The van der Waals surface area contributed by atoms with E-state index in [1.807, 2.05) is 6.07 Å². The minimum atomic E-state index is -0.176. The normalized spacial score (nSPS) is 10.4. The SMILES string of the molecule is CC(=O)Nc1ccc(NC(=O)CCc2nc(-c3cccc(Cl)c3)no2)cc1. The number of aromatic nitrogens is 2. The number of carbonyl (C=O) groups is 2. The summed E-state index contributed by atoms with van der Waals surface area (Å²) in [6.45, 7) is 1.44. The topological polar surface area (TPSA) is 97.1 Å². The maximum absolute atomic E-state index is 12.1. The third-order valence-corrected chi connectivity index (χ3v) is 3.84. The van der Waals surface area contributed by atoms with E-state index >= 15 is 0 Å². The average molecular weight is 385 g/mol. The van der Waals surface area contributed by atoms with Gasteiger partial charge in [0.15, 0.2) is 0 Å². The molecule has 2 N–H and O–H groups in total. The molecule has 0 saturated heterocycles. The van der Waals surface area contributed by atoms with Crippen LogP contribution in [0.25, 0.3) is 11.4 Å². The summed E-state index contributed by atoms with van der Waals surface area (Å²) >= 11 is 5.96. The Morgan fingerprint density at radius 2 is 1.78 bits per heavy atom. The van der Waals surface area contributed by atoms with Crippen molar-refractivity contribution in [3.63, 3.8) is 0 Å². The Bertz CT molecular complexity index is 954. The molecule has 138 valence electrons. The lowest BCUT2D eigenvalue weighted by atomic mass is 10.2. The molecule has 0 fully saturated rings. The monoisotopic (exact) mass is 384 g/mol. The molecular formula is C19H17ClN4O3. The summed E-state index contributed by atoms with van der Waals surface area (Å²) in [5.41, 5.74) is 2.06. The lowest BCUT2D eigenvalue weighted by Crippen LogP contribution is -2.12. The first kappa shape index (κ1) is 18.6. The second-order valence-electron chi connectivity index (χ2n) is 5.83. The van der Waals surface area contributed by atoms with E-state index in [2.05, 4.69) is 20.8 Å². The molecule has 3 rings (SSSR count). The predicted octanol–water partition coefficient (Wildman–Crippen LogP) is 3.92. The molecule has 7 nitrogen and oxygen atoms in total. The van der Waals surface area contributed by atoms with E-state index in [1.54, 1.807) is 42.5 Å². The van der Waals surface area contributed by atoms with Crippen LogP contribution in [-0.4, -0.2) is 22.0 Å². The Kier molecular flexibility index (Phi) is 5.83. The fourth-order valence-electron chi connectivity index (χ4n) is 2.39. The standard InChI is InChI=1S/C19H17ClN4O3/c1-12(25)21-15-5-7-16(8-6-15)22-17(26)9-10-18-23-19(24-27-18)13-3-2-4-14(20)11-13/h2-8,11H,9-10H2,1H3,(H,21,25)(H,22,26). The highest BCUT2D eigenvalue weighted by molar-refractivity contribution is 6.30. The number of anilines is 2. The van der Waals surface area contributed by atoms with Crippen LogP contribution in [0.15, 0.2) is 53.1 Å². The molecule has 0 spiro atoms. The molecule has 0 bridgehead atoms. The number of benzene rings is 2. The van der Waals surface area contributed by atoms with Crippen LogP contribution in [0, 0.1) is 0 Å². The van der Waals surface area contributed by atoms with Crippen molar-refractivity contribution in [3.8, 4) is 11.4 Å². The summed E-state index contributed by atoms with van der Waals surface area (Å²) in [6, 6.07) is 14.0. The van der Waals surface area contributed by atoms with E-state index in [9.17, 15) is 9.59 Å². The van der Waals surface area contributed by atoms with Crippen LogP contribution < -0.4 is 10.6 Å². The molecule has 0 saturated carbocycles. The summed E-state index contributed by atoms with van der Waals surface area (Å²) in [7, 11) is 0. The van der Waals surface area contributed by atoms with E-state index < -0.39 is 0 Å². The molecule has 27 heavy (non-hydrogen) atoms. The van der Waals surface area contributed by atoms with Crippen molar-refractivity contribution >= 4 is 34.8 Å². The van der Waals surface area contributed by atoms with Gasteiger partial charge in [0, 0.05) is 41.7 Å². The van der Waals surface area contributed by atoms with E-state index in [1.165, 1.54) is 6.92 Å². The number of hydrogen-bond acceptors (Lipinski definition) is 5. The molecule has 0 aliphatic rings. The van der Waals surface area contributed by atoms with E-state index in [0.29, 0.717) is 34.5 Å². The molecule has 2 aromatic carbocycles. The number of halogens is 1. The number of nitrogens with zero attached hydrogens (tertiary/aromatic N) is 2. The fourth-order valence-corrected chi connectivity index (χ4v) is 2.58. The summed E-state index contributed by atoms with van der Waals surface area (Å²) in [5.74, 6) is 0.482. The summed E-state index contributed by atoms with van der Waals surface area (Å²) in [4.78, 5) is 27.4. The second-order valence-corrected chi connectivity index (χ2v) is 6.27. The third kappa shape index (κ3) is 5.39. The number of carbonyl (C=O) groups excluding carboxylic acids is 2. The molecular weight excluding hydrogens is 368 g/mol. The number of nitrogens with one attached hydrogen (secondary N) is 2. The zero-order valence-corrected chi connectivity index (χ0v) is 15.3. The molecule has 0 aliphatic heterocycles. The fraction of sp³-hybridized carbons (Fsp3) is 0.158. The number of hydrogen-bond donors (Lipinski definition) is 2. The molecule has 8 heteroatoms. The van der Waals surface area contributed by atoms with Crippen LogP contribution in [-0.2, 0) is 16.0 Å². The molecule has 0 radical (unpaired) electrons. The van der Waals surface area contributed by atoms with Gasteiger partial charge in [-0.3, -0.25) is 9.59 Å². The van der Waals surface area contributed by atoms with Gasteiger partial charge in [0.1, 0.15) is 0 Å². The molecule has 3 aromatic rings. The smallest absolute Gasteiger partial charge is 0.227 e. The molecule has 1 aromatic heterocycles. The van der Waals surface area contributed by atoms with Crippen LogP contribution in [0.4, 0.5) is 11.4 Å². The van der Waals surface area contributed by atoms with Crippen LogP contribution >= 0.6 is 11.6 Å². The summed E-state index contributed by atoms with van der Waals surface area (Å²) < 4.78 is 5.19. The Morgan fingerprint density at radius 1 is 1.07 bits per heavy atom. The van der Waals surface area contributed by atoms with Gasteiger partial charge in [-0.1, -0.05) is 28.9 Å². The first-order chi connectivity index (χ1) is 13.0. The van der Waals surface area contributed by atoms with Gasteiger partial charge in [-0.15, -0.1) is 0 Å². The maximum atomic E-state index is 12.1.